The zero-order valence-electron chi connectivity index (χ0n) is 13.4. The molecule has 0 aliphatic heterocycles. The van der Waals surface area contributed by atoms with Gasteiger partial charge in [-0.3, -0.25) is 4.79 Å². The second-order valence-electron chi connectivity index (χ2n) is 5.36. The fourth-order valence-electron chi connectivity index (χ4n) is 1.90. The van der Waals surface area contributed by atoms with Crippen LogP contribution in [0.2, 0.25) is 0 Å². The molecule has 0 saturated heterocycles. The zero-order valence-corrected chi connectivity index (χ0v) is 14.2. The van der Waals surface area contributed by atoms with Crippen molar-refractivity contribution < 1.29 is 17.9 Å². The van der Waals surface area contributed by atoms with Gasteiger partial charge in [0.15, 0.2) is 6.61 Å². The van der Waals surface area contributed by atoms with Crippen LogP contribution < -0.4 is 16.2 Å². The molecule has 0 aliphatic carbocycles. The van der Waals surface area contributed by atoms with E-state index in [2.05, 4.69) is 0 Å². The molecule has 1 amide bonds. The zero-order chi connectivity index (χ0) is 17.9. The number of likely N-dealkylation sites (N-methyl/N-ethyl adjacent to an activating group) is 1. The van der Waals surface area contributed by atoms with Crippen LogP contribution in [0.5, 0.6) is 5.75 Å². The number of sulfone groups is 1. The minimum absolute atomic E-state index is 0.0297. The van der Waals surface area contributed by atoms with E-state index in [1.807, 2.05) is 0 Å². The van der Waals surface area contributed by atoms with E-state index in [0.29, 0.717) is 11.4 Å². The van der Waals surface area contributed by atoms with Crippen LogP contribution in [0, 0.1) is 0 Å². The van der Waals surface area contributed by atoms with E-state index in [4.69, 9.17) is 16.2 Å². The molecule has 0 radical (unpaired) electrons. The summed E-state index contributed by atoms with van der Waals surface area (Å²) in [5.41, 5.74) is 12.1. The highest BCUT2D eigenvalue weighted by Crippen LogP contribution is 2.31. The molecular weight excluding hydrogens is 330 g/mol. The molecule has 0 aromatic heterocycles. The highest BCUT2D eigenvalue weighted by molar-refractivity contribution is 7.91. The lowest BCUT2D eigenvalue weighted by molar-refractivity contribution is -0.130. The molecule has 2 rings (SSSR count). The molecule has 8 heteroatoms. The van der Waals surface area contributed by atoms with E-state index in [-0.39, 0.29) is 28.1 Å². The minimum Gasteiger partial charge on any atom is -0.482 e. The van der Waals surface area contributed by atoms with Crippen LogP contribution >= 0.6 is 0 Å². The number of hydrogen-bond acceptors (Lipinski definition) is 6. The van der Waals surface area contributed by atoms with Crippen LogP contribution in [-0.2, 0) is 14.6 Å². The Kier molecular flexibility index (Phi) is 4.99. The fraction of sp³-hybridized carbons (Fsp3) is 0.188. The Hall–Kier alpha value is -2.74. The molecule has 0 atom stereocenters. The van der Waals surface area contributed by atoms with Crippen molar-refractivity contribution in [2.75, 3.05) is 32.2 Å². The molecule has 2 aromatic rings. The normalized spacial score (nSPS) is 11.1. The number of amides is 1. The Morgan fingerprint density at radius 3 is 2.21 bits per heavy atom. The summed E-state index contributed by atoms with van der Waals surface area (Å²) < 4.78 is 31.0. The maximum atomic E-state index is 12.8. The lowest BCUT2D eigenvalue weighted by atomic mass is 10.3. The lowest BCUT2D eigenvalue weighted by Gasteiger charge is -2.15. The first-order chi connectivity index (χ1) is 11.2. The number of nitrogen functional groups attached to an aromatic ring is 2. The average molecular weight is 349 g/mol. The van der Waals surface area contributed by atoms with Gasteiger partial charge >= 0.3 is 0 Å². The van der Waals surface area contributed by atoms with Crippen LogP contribution in [0.1, 0.15) is 0 Å². The highest BCUT2D eigenvalue weighted by Gasteiger charge is 2.23. The molecule has 0 heterocycles. The molecule has 0 aliphatic rings. The fourth-order valence-corrected chi connectivity index (χ4v) is 3.28. The van der Waals surface area contributed by atoms with Crippen LogP contribution in [0.15, 0.2) is 52.3 Å². The van der Waals surface area contributed by atoms with E-state index >= 15 is 0 Å². The minimum atomic E-state index is -3.83. The smallest absolute Gasteiger partial charge is 0.259 e. The largest absolute Gasteiger partial charge is 0.482 e. The number of benzene rings is 2. The Balaban J connectivity index is 2.42. The summed E-state index contributed by atoms with van der Waals surface area (Å²) in [6.07, 6.45) is 0. The molecule has 2 aromatic carbocycles. The second kappa shape index (κ2) is 6.79. The van der Waals surface area contributed by atoms with Crippen molar-refractivity contribution in [3.63, 3.8) is 0 Å². The number of hydrogen-bond donors (Lipinski definition) is 2. The number of ether oxygens (including phenoxy) is 1. The molecule has 4 N–H and O–H groups in total. The Labute approximate surface area is 140 Å². The third-order valence-corrected chi connectivity index (χ3v) is 5.11. The Morgan fingerprint density at radius 2 is 1.62 bits per heavy atom. The molecule has 7 nitrogen and oxygen atoms in total. The van der Waals surface area contributed by atoms with E-state index in [1.54, 1.807) is 14.1 Å². The molecule has 128 valence electrons. The third-order valence-electron chi connectivity index (χ3n) is 3.30. The van der Waals surface area contributed by atoms with Gasteiger partial charge in [-0.1, -0.05) is 0 Å². The standard InChI is InChI=1S/C16H19N3O4S/c1-19(2)16(20)10-23-14-9-12(18)5-8-15(14)24(21,22)13-6-3-11(17)4-7-13/h3-9H,10,17-18H2,1-2H3. The summed E-state index contributed by atoms with van der Waals surface area (Å²) in [4.78, 5) is 13.0. The van der Waals surface area contributed by atoms with Gasteiger partial charge in [-0.25, -0.2) is 8.42 Å². The summed E-state index contributed by atoms with van der Waals surface area (Å²) in [7, 11) is -0.671. The van der Waals surface area contributed by atoms with Crippen molar-refractivity contribution in [2.45, 2.75) is 9.79 Å². The summed E-state index contributed by atoms with van der Waals surface area (Å²) in [5, 5.41) is 0. The SMILES string of the molecule is CN(C)C(=O)COc1cc(N)ccc1S(=O)(=O)c1ccc(N)cc1. The number of carbonyl (C=O) groups is 1. The van der Waals surface area contributed by atoms with Crippen molar-refractivity contribution in [1.29, 1.82) is 0 Å². The highest BCUT2D eigenvalue weighted by atomic mass is 32.2. The topological polar surface area (TPSA) is 116 Å². The summed E-state index contributed by atoms with van der Waals surface area (Å²) in [6.45, 7) is -0.291. The quantitative estimate of drug-likeness (QED) is 0.782. The van der Waals surface area contributed by atoms with E-state index in [0.717, 1.165) is 0 Å². The molecule has 0 unspecified atom stereocenters. The Morgan fingerprint density at radius 1 is 1.04 bits per heavy atom. The first-order valence-electron chi connectivity index (χ1n) is 7.05. The summed E-state index contributed by atoms with van der Waals surface area (Å²) in [6, 6.07) is 10.0. The number of rotatable bonds is 5. The van der Waals surface area contributed by atoms with Gasteiger partial charge in [0, 0.05) is 31.5 Å². The third kappa shape index (κ3) is 3.77. The monoisotopic (exact) mass is 349 g/mol. The predicted octanol–water partition coefficient (Wildman–Crippen LogP) is 1.15. The molecule has 0 bridgehead atoms. The molecule has 0 saturated carbocycles. The average Bonchev–Trinajstić information content (AvgIpc) is 2.52. The first-order valence-corrected chi connectivity index (χ1v) is 8.53. The number of carbonyl (C=O) groups excluding carboxylic acids is 1. The van der Waals surface area contributed by atoms with Gasteiger partial charge in [-0.05, 0) is 36.4 Å². The maximum absolute atomic E-state index is 12.8. The van der Waals surface area contributed by atoms with Gasteiger partial charge in [0.1, 0.15) is 10.6 Å². The predicted molar refractivity (Wildman–Crippen MR) is 91.3 cm³/mol. The van der Waals surface area contributed by atoms with Crippen molar-refractivity contribution in [3.8, 4) is 5.75 Å². The van der Waals surface area contributed by atoms with Crippen molar-refractivity contribution >= 4 is 27.1 Å². The van der Waals surface area contributed by atoms with Gasteiger partial charge < -0.3 is 21.1 Å². The Bertz CT molecular complexity index is 846. The summed E-state index contributed by atoms with van der Waals surface area (Å²) >= 11 is 0. The molecule has 0 fully saturated rings. The van der Waals surface area contributed by atoms with Crippen LogP contribution in [-0.4, -0.2) is 39.9 Å². The summed E-state index contributed by atoms with van der Waals surface area (Å²) in [5.74, 6) is -0.268. The van der Waals surface area contributed by atoms with Crippen LogP contribution in [0.25, 0.3) is 0 Å². The first kappa shape index (κ1) is 17.6. The van der Waals surface area contributed by atoms with E-state index in [1.165, 1.54) is 47.4 Å². The number of nitrogens with zero attached hydrogens (tertiary/aromatic N) is 1. The lowest BCUT2D eigenvalue weighted by Crippen LogP contribution is -2.27. The van der Waals surface area contributed by atoms with Crippen molar-refractivity contribution in [1.82, 2.24) is 4.90 Å². The van der Waals surface area contributed by atoms with Crippen molar-refractivity contribution in [3.05, 3.63) is 42.5 Å². The van der Waals surface area contributed by atoms with Crippen molar-refractivity contribution in [2.24, 2.45) is 0 Å². The second-order valence-corrected chi connectivity index (χ2v) is 7.27. The van der Waals surface area contributed by atoms with Gasteiger partial charge in [-0.15, -0.1) is 0 Å². The van der Waals surface area contributed by atoms with E-state index in [9.17, 15) is 13.2 Å². The van der Waals surface area contributed by atoms with Gasteiger partial charge in [-0.2, -0.15) is 0 Å². The van der Waals surface area contributed by atoms with Gasteiger partial charge in [0.05, 0.1) is 4.90 Å². The number of anilines is 2. The molecule has 24 heavy (non-hydrogen) atoms. The van der Waals surface area contributed by atoms with E-state index < -0.39 is 9.84 Å². The van der Waals surface area contributed by atoms with Crippen LogP contribution in [0.3, 0.4) is 0 Å². The molecule has 0 spiro atoms. The van der Waals surface area contributed by atoms with Crippen LogP contribution in [0.4, 0.5) is 11.4 Å². The van der Waals surface area contributed by atoms with Gasteiger partial charge in [0.2, 0.25) is 9.84 Å². The number of nitrogens with two attached hydrogens (primary N) is 2. The van der Waals surface area contributed by atoms with Gasteiger partial charge in [0.25, 0.3) is 5.91 Å². The maximum Gasteiger partial charge on any atom is 0.259 e. The molecular formula is C16H19N3O4S.